The van der Waals surface area contributed by atoms with Gasteiger partial charge in [0.15, 0.2) is 0 Å². The summed E-state index contributed by atoms with van der Waals surface area (Å²) in [6.45, 7) is 3.32. The van der Waals surface area contributed by atoms with Crippen molar-refractivity contribution in [2.75, 3.05) is 6.54 Å². The van der Waals surface area contributed by atoms with Crippen molar-refractivity contribution in [2.24, 2.45) is 5.92 Å². The summed E-state index contributed by atoms with van der Waals surface area (Å²) in [5.74, 6) is 1.63. The molecule has 0 spiro atoms. The molecule has 2 unspecified atom stereocenters. The van der Waals surface area contributed by atoms with Gasteiger partial charge in [-0.1, -0.05) is 38.7 Å². The van der Waals surface area contributed by atoms with Crippen molar-refractivity contribution in [2.45, 2.75) is 76.7 Å². The fourth-order valence-corrected chi connectivity index (χ4v) is 4.46. The minimum atomic E-state index is 0.629. The van der Waals surface area contributed by atoms with E-state index in [9.17, 15) is 0 Å². The summed E-state index contributed by atoms with van der Waals surface area (Å²) in [5.41, 5.74) is 2.89. The molecule has 2 aliphatic carbocycles. The highest BCUT2D eigenvalue weighted by molar-refractivity contribution is 5.27. The molecule has 1 N–H and O–H groups in total. The Kier molecular flexibility index (Phi) is 5.29. The molecule has 1 saturated carbocycles. The Bertz CT molecular complexity index is 437. The number of likely N-dealkylation sites (N-methyl/N-ethyl adjacent to an activating group) is 1. The van der Waals surface area contributed by atoms with Gasteiger partial charge in [0.2, 0.25) is 0 Å². The number of aromatic nitrogens is 1. The largest absolute Gasteiger partial charge is 0.314 e. The van der Waals surface area contributed by atoms with Crippen LogP contribution in [0.5, 0.6) is 0 Å². The number of hydrogen-bond acceptors (Lipinski definition) is 2. The molecule has 2 nitrogen and oxygen atoms in total. The SMILES string of the molecule is CCNC(CCC1CCCC1)C1CCCc2cccnc21. The first-order chi connectivity index (χ1) is 10.4. The lowest BCUT2D eigenvalue weighted by atomic mass is 9.79. The zero-order valence-electron chi connectivity index (χ0n) is 13.5. The second-order valence-electron chi connectivity index (χ2n) is 6.94. The Hall–Kier alpha value is -0.890. The van der Waals surface area contributed by atoms with Crippen LogP contribution < -0.4 is 5.32 Å². The number of hydrogen-bond donors (Lipinski definition) is 1. The highest BCUT2D eigenvalue weighted by atomic mass is 14.9. The average molecular weight is 286 g/mol. The summed E-state index contributed by atoms with van der Waals surface area (Å²) < 4.78 is 0. The summed E-state index contributed by atoms with van der Waals surface area (Å²) >= 11 is 0. The van der Waals surface area contributed by atoms with Crippen LogP contribution in [0.15, 0.2) is 18.3 Å². The maximum absolute atomic E-state index is 4.74. The number of aryl methyl sites for hydroxylation is 1. The Morgan fingerprint density at radius 2 is 2.10 bits per heavy atom. The van der Waals surface area contributed by atoms with E-state index < -0.39 is 0 Å². The molecule has 0 bridgehead atoms. The number of nitrogens with one attached hydrogen (secondary N) is 1. The normalized spacial score (nSPS) is 24.0. The fourth-order valence-electron chi connectivity index (χ4n) is 4.46. The van der Waals surface area contributed by atoms with E-state index in [2.05, 4.69) is 24.4 Å². The number of nitrogens with zero attached hydrogens (tertiary/aromatic N) is 1. The van der Waals surface area contributed by atoms with Gasteiger partial charge in [-0.3, -0.25) is 4.98 Å². The Balaban J connectivity index is 1.68. The van der Waals surface area contributed by atoms with Gasteiger partial charge >= 0.3 is 0 Å². The lowest BCUT2D eigenvalue weighted by Crippen LogP contribution is -2.37. The summed E-state index contributed by atoms with van der Waals surface area (Å²) in [6.07, 6.45) is 14.5. The summed E-state index contributed by atoms with van der Waals surface area (Å²) in [7, 11) is 0. The zero-order chi connectivity index (χ0) is 14.5. The minimum Gasteiger partial charge on any atom is -0.314 e. The van der Waals surface area contributed by atoms with Crippen molar-refractivity contribution in [3.8, 4) is 0 Å². The predicted molar refractivity (Wildman–Crippen MR) is 88.6 cm³/mol. The molecule has 0 aromatic carbocycles. The standard InChI is InChI=1S/C19H30N2/c1-2-20-18(13-12-15-7-3-4-8-15)17-11-5-9-16-10-6-14-21-19(16)17/h6,10,14-15,17-18,20H,2-5,7-9,11-13H2,1H3. The first kappa shape index (κ1) is 15.0. The molecule has 1 aromatic heterocycles. The van der Waals surface area contributed by atoms with E-state index in [1.165, 1.54) is 69.0 Å². The van der Waals surface area contributed by atoms with Crippen LogP contribution in [0.3, 0.4) is 0 Å². The van der Waals surface area contributed by atoms with Gasteiger partial charge in [-0.15, -0.1) is 0 Å². The van der Waals surface area contributed by atoms with E-state index >= 15 is 0 Å². The van der Waals surface area contributed by atoms with Gasteiger partial charge in [0, 0.05) is 23.9 Å². The molecule has 0 amide bonds. The van der Waals surface area contributed by atoms with Gasteiger partial charge in [-0.25, -0.2) is 0 Å². The lowest BCUT2D eigenvalue weighted by molar-refractivity contribution is 0.339. The smallest absolute Gasteiger partial charge is 0.0481 e. The van der Waals surface area contributed by atoms with Crippen LogP contribution in [0.2, 0.25) is 0 Å². The van der Waals surface area contributed by atoms with E-state index in [0.29, 0.717) is 12.0 Å². The molecule has 0 saturated heterocycles. The van der Waals surface area contributed by atoms with Crippen LogP contribution in [0.25, 0.3) is 0 Å². The Morgan fingerprint density at radius 3 is 2.90 bits per heavy atom. The molecule has 1 heterocycles. The molecule has 116 valence electrons. The van der Waals surface area contributed by atoms with Gasteiger partial charge in [-0.05, 0) is 56.2 Å². The Morgan fingerprint density at radius 1 is 1.24 bits per heavy atom. The van der Waals surface area contributed by atoms with Gasteiger partial charge in [0.05, 0.1) is 0 Å². The van der Waals surface area contributed by atoms with Crippen molar-refractivity contribution in [1.82, 2.24) is 10.3 Å². The monoisotopic (exact) mass is 286 g/mol. The number of pyridine rings is 1. The maximum atomic E-state index is 4.74. The van der Waals surface area contributed by atoms with Gasteiger partial charge < -0.3 is 5.32 Å². The summed E-state index contributed by atoms with van der Waals surface area (Å²) in [4.78, 5) is 4.74. The Labute approximate surface area is 129 Å². The van der Waals surface area contributed by atoms with E-state index in [1.54, 1.807) is 0 Å². The third kappa shape index (κ3) is 3.66. The molecule has 1 fully saturated rings. The van der Waals surface area contributed by atoms with Gasteiger partial charge in [0.25, 0.3) is 0 Å². The molecular weight excluding hydrogens is 256 g/mol. The number of rotatable bonds is 6. The van der Waals surface area contributed by atoms with Crippen molar-refractivity contribution in [3.05, 3.63) is 29.6 Å². The van der Waals surface area contributed by atoms with E-state index in [0.717, 1.165) is 12.5 Å². The lowest BCUT2D eigenvalue weighted by Gasteiger charge is -2.32. The molecule has 2 heteroatoms. The first-order valence-corrected chi connectivity index (χ1v) is 9.05. The first-order valence-electron chi connectivity index (χ1n) is 9.05. The van der Waals surface area contributed by atoms with E-state index in [4.69, 9.17) is 4.98 Å². The topological polar surface area (TPSA) is 24.9 Å². The van der Waals surface area contributed by atoms with Crippen LogP contribution in [0.4, 0.5) is 0 Å². The fraction of sp³-hybridized carbons (Fsp3) is 0.737. The average Bonchev–Trinajstić information content (AvgIpc) is 3.04. The van der Waals surface area contributed by atoms with E-state index in [1.807, 2.05) is 6.20 Å². The quantitative estimate of drug-likeness (QED) is 0.835. The second-order valence-corrected chi connectivity index (χ2v) is 6.94. The van der Waals surface area contributed by atoms with Crippen LogP contribution in [-0.2, 0) is 6.42 Å². The highest BCUT2D eigenvalue weighted by Crippen LogP contribution is 2.36. The maximum Gasteiger partial charge on any atom is 0.0481 e. The number of fused-ring (bicyclic) bond motifs is 1. The molecular formula is C19H30N2. The van der Waals surface area contributed by atoms with Crippen molar-refractivity contribution in [3.63, 3.8) is 0 Å². The second kappa shape index (κ2) is 7.40. The van der Waals surface area contributed by atoms with Gasteiger partial charge in [0.1, 0.15) is 0 Å². The predicted octanol–water partition coefficient (Wildman–Crippen LogP) is 4.45. The van der Waals surface area contributed by atoms with Crippen LogP contribution in [0.1, 0.15) is 75.5 Å². The van der Waals surface area contributed by atoms with Crippen LogP contribution >= 0.6 is 0 Å². The molecule has 21 heavy (non-hydrogen) atoms. The molecule has 3 rings (SSSR count). The van der Waals surface area contributed by atoms with Crippen LogP contribution in [-0.4, -0.2) is 17.6 Å². The third-order valence-electron chi connectivity index (χ3n) is 5.55. The third-order valence-corrected chi connectivity index (χ3v) is 5.55. The summed E-state index contributed by atoms with van der Waals surface area (Å²) in [5, 5.41) is 3.78. The molecule has 0 aliphatic heterocycles. The molecule has 0 radical (unpaired) electrons. The molecule has 2 aliphatic rings. The van der Waals surface area contributed by atoms with Crippen molar-refractivity contribution < 1.29 is 0 Å². The van der Waals surface area contributed by atoms with E-state index in [-0.39, 0.29) is 0 Å². The zero-order valence-corrected chi connectivity index (χ0v) is 13.5. The van der Waals surface area contributed by atoms with Crippen molar-refractivity contribution in [1.29, 1.82) is 0 Å². The molecule has 2 atom stereocenters. The van der Waals surface area contributed by atoms with Crippen LogP contribution in [0, 0.1) is 5.92 Å². The molecule has 1 aromatic rings. The summed E-state index contributed by atoms with van der Waals surface area (Å²) in [6, 6.07) is 5.01. The van der Waals surface area contributed by atoms with Gasteiger partial charge in [-0.2, -0.15) is 0 Å². The van der Waals surface area contributed by atoms with Crippen molar-refractivity contribution >= 4 is 0 Å². The highest BCUT2D eigenvalue weighted by Gasteiger charge is 2.29. The minimum absolute atomic E-state index is 0.629.